The molecule has 0 radical (unpaired) electrons. The second-order valence-electron chi connectivity index (χ2n) is 1.68. The molecular formula is C5H6BNO2. The van der Waals surface area contributed by atoms with Gasteiger partial charge in [-0.05, 0) is 11.5 Å². The number of nitrogens with zero attached hydrogens (tertiary/aromatic N) is 1. The number of rotatable bonds is 1. The fraction of sp³-hybridized carbons (Fsp3) is 0. The average Bonchev–Trinajstić information content (AvgIpc) is 1.90. The van der Waals surface area contributed by atoms with E-state index in [-0.39, 0.29) is 13.4 Å². The van der Waals surface area contributed by atoms with Crippen molar-refractivity contribution in [3.05, 3.63) is 18.3 Å². The van der Waals surface area contributed by atoms with Gasteiger partial charge in [0.1, 0.15) is 0 Å². The van der Waals surface area contributed by atoms with Crippen LogP contribution in [-0.2, 0) is 0 Å². The standard InChI is InChI=1S/C5H6BNO2/c8-5-2-1-4(6-9)3-7-5/h1-3,6,9H,(H,7,8). The molecule has 0 unspecified atom stereocenters. The second kappa shape index (κ2) is 2.50. The summed E-state index contributed by atoms with van der Waals surface area (Å²) in [5.74, 6) is -0.0211. The van der Waals surface area contributed by atoms with Gasteiger partial charge >= 0.3 is 7.48 Å². The van der Waals surface area contributed by atoms with Crippen LogP contribution in [0.15, 0.2) is 18.3 Å². The lowest BCUT2D eigenvalue weighted by Gasteiger charge is -1.90. The molecule has 0 aromatic carbocycles. The van der Waals surface area contributed by atoms with Crippen LogP contribution in [0.5, 0.6) is 5.88 Å². The van der Waals surface area contributed by atoms with Crippen molar-refractivity contribution >= 4 is 12.9 Å². The molecule has 9 heavy (non-hydrogen) atoms. The summed E-state index contributed by atoms with van der Waals surface area (Å²) in [6.07, 6.45) is 1.43. The smallest absolute Gasteiger partial charge is 0.306 e. The molecule has 0 atom stereocenters. The molecule has 0 saturated carbocycles. The normalized spacial score (nSPS) is 9.00. The molecule has 3 nitrogen and oxygen atoms in total. The van der Waals surface area contributed by atoms with Gasteiger partial charge in [0.2, 0.25) is 5.88 Å². The van der Waals surface area contributed by atoms with E-state index in [0.717, 1.165) is 0 Å². The van der Waals surface area contributed by atoms with Gasteiger partial charge in [-0.1, -0.05) is 6.07 Å². The molecule has 0 saturated heterocycles. The van der Waals surface area contributed by atoms with E-state index in [2.05, 4.69) is 4.98 Å². The quantitative estimate of drug-likeness (QED) is 0.459. The summed E-state index contributed by atoms with van der Waals surface area (Å²) in [5.41, 5.74) is 0.702. The third kappa shape index (κ3) is 1.43. The van der Waals surface area contributed by atoms with Gasteiger partial charge in [0.05, 0.1) is 0 Å². The summed E-state index contributed by atoms with van der Waals surface area (Å²) in [4.78, 5) is 3.55. The van der Waals surface area contributed by atoms with Gasteiger partial charge in [0.15, 0.2) is 0 Å². The van der Waals surface area contributed by atoms with Crippen molar-refractivity contribution in [2.24, 2.45) is 0 Å². The molecule has 0 aliphatic heterocycles. The van der Waals surface area contributed by atoms with Gasteiger partial charge in [-0.3, -0.25) is 0 Å². The largest absolute Gasteiger partial charge is 0.493 e. The molecule has 4 heteroatoms. The van der Waals surface area contributed by atoms with Crippen LogP contribution in [0.1, 0.15) is 0 Å². The Morgan fingerprint density at radius 3 is 2.67 bits per heavy atom. The maximum atomic E-state index is 8.66. The van der Waals surface area contributed by atoms with E-state index in [1.165, 1.54) is 12.3 Å². The Bertz CT molecular complexity index is 187. The van der Waals surface area contributed by atoms with Gasteiger partial charge in [-0.25, -0.2) is 4.98 Å². The highest BCUT2D eigenvalue weighted by Gasteiger charge is 1.91. The highest BCUT2D eigenvalue weighted by atomic mass is 16.3. The molecule has 46 valence electrons. The summed E-state index contributed by atoms with van der Waals surface area (Å²) in [7, 11) is -0.0344. The first-order chi connectivity index (χ1) is 4.33. The zero-order valence-corrected chi connectivity index (χ0v) is 4.78. The topological polar surface area (TPSA) is 53.4 Å². The number of aromatic hydroxyl groups is 1. The monoisotopic (exact) mass is 123 g/mol. The molecule has 1 rings (SSSR count). The third-order valence-corrected chi connectivity index (χ3v) is 0.992. The molecular weight excluding hydrogens is 117 g/mol. The van der Waals surface area contributed by atoms with E-state index in [4.69, 9.17) is 10.1 Å². The summed E-state index contributed by atoms with van der Waals surface area (Å²) in [6.45, 7) is 0. The summed E-state index contributed by atoms with van der Waals surface area (Å²) in [5, 5.41) is 17.2. The molecule has 0 fully saturated rings. The molecule has 0 aliphatic rings. The first kappa shape index (κ1) is 6.10. The molecule has 0 aliphatic carbocycles. The van der Waals surface area contributed by atoms with Gasteiger partial charge in [-0.2, -0.15) is 0 Å². The average molecular weight is 123 g/mol. The Labute approximate surface area is 53.3 Å². The van der Waals surface area contributed by atoms with Crippen molar-refractivity contribution in [1.82, 2.24) is 4.98 Å². The highest BCUT2D eigenvalue weighted by Crippen LogP contribution is 1.95. The third-order valence-electron chi connectivity index (χ3n) is 0.992. The second-order valence-corrected chi connectivity index (χ2v) is 1.68. The Morgan fingerprint density at radius 2 is 2.22 bits per heavy atom. The number of aromatic nitrogens is 1. The Kier molecular flexibility index (Phi) is 1.70. The first-order valence-electron chi connectivity index (χ1n) is 2.57. The molecule has 0 amide bonds. The molecule has 2 N–H and O–H groups in total. The maximum Gasteiger partial charge on any atom is 0.306 e. The van der Waals surface area contributed by atoms with Gasteiger partial charge < -0.3 is 10.1 Å². The van der Waals surface area contributed by atoms with Crippen LogP contribution in [0.2, 0.25) is 0 Å². The van der Waals surface area contributed by atoms with E-state index >= 15 is 0 Å². The van der Waals surface area contributed by atoms with E-state index in [9.17, 15) is 0 Å². The number of pyridine rings is 1. The first-order valence-corrected chi connectivity index (χ1v) is 2.57. The fourth-order valence-corrected chi connectivity index (χ4v) is 0.510. The van der Waals surface area contributed by atoms with Crippen LogP contribution in [-0.4, -0.2) is 22.6 Å². The van der Waals surface area contributed by atoms with Crippen LogP contribution >= 0.6 is 0 Å². The summed E-state index contributed by atoms with van der Waals surface area (Å²) in [6, 6.07) is 3.05. The minimum atomic E-state index is -0.0344. The van der Waals surface area contributed by atoms with Crippen LogP contribution < -0.4 is 5.46 Å². The highest BCUT2D eigenvalue weighted by molar-refractivity contribution is 6.45. The van der Waals surface area contributed by atoms with Crippen molar-refractivity contribution in [3.63, 3.8) is 0 Å². The minimum absolute atomic E-state index is 0.0211. The summed E-state index contributed by atoms with van der Waals surface area (Å²) >= 11 is 0. The lowest BCUT2D eigenvalue weighted by Crippen LogP contribution is -2.12. The van der Waals surface area contributed by atoms with Crippen molar-refractivity contribution < 1.29 is 10.1 Å². The molecule has 1 heterocycles. The Balaban J connectivity index is 2.88. The lowest BCUT2D eigenvalue weighted by molar-refractivity contribution is 0.454. The predicted molar refractivity (Wildman–Crippen MR) is 34.9 cm³/mol. The van der Waals surface area contributed by atoms with E-state index in [1.54, 1.807) is 6.07 Å². The lowest BCUT2D eigenvalue weighted by atomic mass is 9.91. The van der Waals surface area contributed by atoms with Gasteiger partial charge in [-0.15, -0.1) is 0 Å². The van der Waals surface area contributed by atoms with Crippen molar-refractivity contribution in [1.29, 1.82) is 0 Å². The van der Waals surface area contributed by atoms with E-state index in [1.807, 2.05) is 0 Å². The SMILES string of the molecule is OBc1ccc(O)nc1. The zero-order chi connectivity index (χ0) is 6.69. The zero-order valence-electron chi connectivity index (χ0n) is 4.78. The minimum Gasteiger partial charge on any atom is -0.493 e. The van der Waals surface area contributed by atoms with Gasteiger partial charge in [0, 0.05) is 6.20 Å². The molecule has 0 bridgehead atoms. The van der Waals surface area contributed by atoms with Gasteiger partial charge in [0.25, 0.3) is 0 Å². The van der Waals surface area contributed by atoms with E-state index < -0.39 is 0 Å². The fourth-order valence-electron chi connectivity index (χ4n) is 0.510. The van der Waals surface area contributed by atoms with Crippen molar-refractivity contribution in [2.75, 3.05) is 0 Å². The maximum absolute atomic E-state index is 8.66. The van der Waals surface area contributed by atoms with Crippen LogP contribution in [0.25, 0.3) is 0 Å². The van der Waals surface area contributed by atoms with E-state index in [0.29, 0.717) is 5.46 Å². The van der Waals surface area contributed by atoms with Crippen LogP contribution in [0.3, 0.4) is 0 Å². The number of hydrogen-bond acceptors (Lipinski definition) is 3. The Hall–Kier alpha value is -1.03. The predicted octanol–water partition coefficient (Wildman–Crippen LogP) is -1.24. The Morgan fingerprint density at radius 1 is 1.44 bits per heavy atom. The van der Waals surface area contributed by atoms with Crippen LogP contribution in [0.4, 0.5) is 0 Å². The molecule has 1 aromatic heterocycles. The summed E-state index contributed by atoms with van der Waals surface area (Å²) < 4.78 is 0. The molecule has 0 spiro atoms. The van der Waals surface area contributed by atoms with Crippen molar-refractivity contribution in [2.45, 2.75) is 0 Å². The molecule has 1 aromatic rings. The van der Waals surface area contributed by atoms with Crippen molar-refractivity contribution in [3.8, 4) is 5.88 Å². The number of hydrogen-bond donors (Lipinski definition) is 2. The van der Waals surface area contributed by atoms with Crippen LogP contribution in [0, 0.1) is 0 Å².